The van der Waals surface area contributed by atoms with Crippen molar-refractivity contribution in [3.63, 3.8) is 0 Å². The normalized spacial score (nSPS) is 29.3. The van der Waals surface area contributed by atoms with E-state index in [4.69, 9.17) is 0 Å². The molecule has 0 aromatic heterocycles. The van der Waals surface area contributed by atoms with E-state index in [0.29, 0.717) is 13.1 Å². The molecule has 124 valence electrons. The number of nitrogens with one attached hydrogen (secondary N) is 1. The maximum Gasteiger partial charge on any atom is 0.282 e. The molecule has 7 heteroatoms. The average molecular weight is 318 g/mol. The van der Waals surface area contributed by atoms with Crippen LogP contribution in [0.4, 0.5) is 0 Å². The van der Waals surface area contributed by atoms with Gasteiger partial charge in [-0.25, -0.2) is 0 Å². The van der Waals surface area contributed by atoms with Crippen LogP contribution >= 0.6 is 0 Å². The molecule has 2 atom stereocenters. The van der Waals surface area contributed by atoms with Gasteiger partial charge >= 0.3 is 0 Å². The highest BCUT2D eigenvalue weighted by Gasteiger charge is 2.41. The van der Waals surface area contributed by atoms with Crippen molar-refractivity contribution < 1.29 is 8.42 Å². The summed E-state index contributed by atoms with van der Waals surface area (Å²) >= 11 is 0. The van der Waals surface area contributed by atoms with Gasteiger partial charge in [0.25, 0.3) is 10.2 Å². The van der Waals surface area contributed by atoms with Crippen molar-refractivity contribution in [2.45, 2.75) is 44.2 Å². The van der Waals surface area contributed by atoms with Crippen molar-refractivity contribution in [1.82, 2.24) is 18.8 Å². The quantitative estimate of drug-likeness (QED) is 0.767. The van der Waals surface area contributed by atoms with Gasteiger partial charge in [-0.05, 0) is 46.8 Å². The smallest absolute Gasteiger partial charge is 0.282 e. The molecule has 1 N–H and O–H groups in total. The lowest BCUT2D eigenvalue weighted by Gasteiger charge is -2.38. The Kier molecular flexibility index (Phi) is 6.02. The fourth-order valence-corrected chi connectivity index (χ4v) is 5.66. The topological polar surface area (TPSA) is 55.9 Å². The molecule has 0 aromatic carbocycles. The van der Waals surface area contributed by atoms with Gasteiger partial charge in [0.05, 0.1) is 0 Å². The molecule has 2 aliphatic rings. The third-order valence-corrected chi connectivity index (χ3v) is 6.65. The Labute approximate surface area is 129 Å². The fourth-order valence-electron chi connectivity index (χ4n) is 3.57. The molecule has 0 aromatic rings. The van der Waals surface area contributed by atoms with Gasteiger partial charge < -0.3 is 10.2 Å². The van der Waals surface area contributed by atoms with Gasteiger partial charge in [-0.2, -0.15) is 17.0 Å². The molecule has 2 aliphatic heterocycles. The first-order valence-electron chi connectivity index (χ1n) is 8.04. The van der Waals surface area contributed by atoms with E-state index >= 15 is 0 Å². The molecule has 2 saturated heterocycles. The Hall–Kier alpha value is -0.210. The zero-order valence-electron chi connectivity index (χ0n) is 13.6. The van der Waals surface area contributed by atoms with Crippen LogP contribution in [0, 0.1) is 0 Å². The molecular weight excluding hydrogens is 288 g/mol. The average Bonchev–Trinajstić information content (AvgIpc) is 2.87. The largest absolute Gasteiger partial charge is 0.318 e. The standard InChI is InChI=1S/C14H30N4O2S/c1-15-11-13-7-4-5-9-17(13)21(19,20)18-10-6-8-14(18)12-16(2)3/h13-15H,4-12H2,1-3H3. The van der Waals surface area contributed by atoms with E-state index in [1.54, 1.807) is 8.61 Å². The Morgan fingerprint density at radius 3 is 2.33 bits per heavy atom. The Morgan fingerprint density at radius 2 is 1.67 bits per heavy atom. The van der Waals surface area contributed by atoms with Gasteiger partial charge in [0.2, 0.25) is 0 Å². The Morgan fingerprint density at radius 1 is 1.05 bits per heavy atom. The van der Waals surface area contributed by atoms with Crippen molar-refractivity contribution in [3.8, 4) is 0 Å². The number of piperidine rings is 1. The Balaban J connectivity index is 2.14. The summed E-state index contributed by atoms with van der Waals surface area (Å²) in [5, 5.41) is 3.14. The van der Waals surface area contributed by atoms with Crippen LogP contribution in [-0.4, -0.2) is 81.3 Å². The van der Waals surface area contributed by atoms with Crippen LogP contribution in [0.25, 0.3) is 0 Å². The third kappa shape index (κ3) is 3.96. The first kappa shape index (κ1) is 17.1. The number of rotatable bonds is 6. The molecule has 6 nitrogen and oxygen atoms in total. The van der Waals surface area contributed by atoms with Crippen molar-refractivity contribution in [1.29, 1.82) is 0 Å². The van der Waals surface area contributed by atoms with E-state index in [1.807, 2.05) is 21.1 Å². The highest BCUT2D eigenvalue weighted by Crippen LogP contribution is 2.28. The molecule has 0 aliphatic carbocycles. The second kappa shape index (κ2) is 7.37. The van der Waals surface area contributed by atoms with Gasteiger partial charge in [-0.15, -0.1) is 0 Å². The van der Waals surface area contributed by atoms with Crippen molar-refractivity contribution in [2.24, 2.45) is 0 Å². The minimum absolute atomic E-state index is 0.106. The summed E-state index contributed by atoms with van der Waals surface area (Å²) in [6.07, 6.45) is 5.02. The van der Waals surface area contributed by atoms with Crippen molar-refractivity contribution >= 4 is 10.2 Å². The highest BCUT2D eigenvalue weighted by molar-refractivity contribution is 7.86. The maximum atomic E-state index is 13.1. The molecule has 0 radical (unpaired) electrons. The SMILES string of the molecule is CNCC1CCCCN1S(=O)(=O)N1CCCC1CN(C)C. The van der Waals surface area contributed by atoms with Gasteiger partial charge in [-0.3, -0.25) is 0 Å². The summed E-state index contributed by atoms with van der Waals surface area (Å²) in [6, 6.07) is 0.233. The van der Waals surface area contributed by atoms with Crippen molar-refractivity contribution in [2.75, 3.05) is 47.3 Å². The van der Waals surface area contributed by atoms with Gasteiger partial charge in [0.1, 0.15) is 0 Å². The summed E-state index contributed by atoms with van der Waals surface area (Å²) in [5.41, 5.74) is 0. The lowest BCUT2D eigenvalue weighted by molar-refractivity contribution is 0.216. The van der Waals surface area contributed by atoms with E-state index in [2.05, 4.69) is 10.2 Å². The van der Waals surface area contributed by atoms with Crippen LogP contribution in [0.1, 0.15) is 32.1 Å². The molecule has 0 amide bonds. The van der Waals surface area contributed by atoms with Crippen LogP contribution in [0.15, 0.2) is 0 Å². The number of hydrogen-bond donors (Lipinski definition) is 1. The van der Waals surface area contributed by atoms with E-state index in [9.17, 15) is 8.42 Å². The minimum Gasteiger partial charge on any atom is -0.318 e. The lowest BCUT2D eigenvalue weighted by Crippen LogP contribution is -2.55. The first-order valence-corrected chi connectivity index (χ1v) is 9.44. The monoisotopic (exact) mass is 318 g/mol. The van der Waals surface area contributed by atoms with E-state index in [0.717, 1.165) is 45.2 Å². The number of hydrogen-bond acceptors (Lipinski definition) is 4. The molecule has 2 heterocycles. The number of nitrogens with zero attached hydrogens (tertiary/aromatic N) is 3. The molecule has 2 unspecified atom stereocenters. The third-order valence-electron chi connectivity index (χ3n) is 4.50. The Bertz CT molecular complexity index is 425. The van der Waals surface area contributed by atoms with Crippen LogP contribution in [0.2, 0.25) is 0 Å². The zero-order chi connectivity index (χ0) is 15.5. The predicted octanol–water partition coefficient (Wildman–Crippen LogP) is 0.331. The van der Waals surface area contributed by atoms with E-state index in [1.165, 1.54) is 0 Å². The molecule has 2 rings (SSSR count). The summed E-state index contributed by atoms with van der Waals surface area (Å²) < 4.78 is 29.6. The summed E-state index contributed by atoms with van der Waals surface area (Å²) in [5.74, 6) is 0. The molecule has 2 fully saturated rings. The predicted molar refractivity (Wildman–Crippen MR) is 85.5 cm³/mol. The lowest BCUT2D eigenvalue weighted by atomic mass is 10.1. The summed E-state index contributed by atoms with van der Waals surface area (Å²) in [4.78, 5) is 2.08. The summed E-state index contributed by atoms with van der Waals surface area (Å²) in [7, 11) is 2.58. The summed E-state index contributed by atoms with van der Waals surface area (Å²) in [6.45, 7) is 2.89. The van der Waals surface area contributed by atoms with E-state index in [-0.39, 0.29) is 12.1 Å². The number of likely N-dealkylation sites (N-methyl/N-ethyl adjacent to an activating group) is 2. The van der Waals surface area contributed by atoms with Gasteiger partial charge in [0, 0.05) is 38.3 Å². The zero-order valence-corrected chi connectivity index (χ0v) is 14.4. The van der Waals surface area contributed by atoms with Crippen LogP contribution in [0.3, 0.4) is 0 Å². The molecular formula is C14H30N4O2S. The second-order valence-corrected chi connectivity index (χ2v) is 8.33. The van der Waals surface area contributed by atoms with Crippen LogP contribution in [0.5, 0.6) is 0 Å². The van der Waals surface area contributed by atoms with Crippen molar-refractivity contribution in [3.05, 3.63) is 0 Å². The second-order valence-electron chi connectivity index (χ2n) is 6.49. The van der Waals surface area contributed by atoms with Gasteiger partial charge in [-0.1, -0.05) is 6.42 Å². The first-order chi connectivity index (χ1) is 9.96. The molecule has 0 saturated carbocycles. The fraction of sp³-hybridized carbons (Fsp3) is 1.00. The molecule has 0 bridgehead atoms. The molecule has 0 spiro atoms. The van der Waals surface area contributed by atoms with Crippen LogP contribution in [-0.2, 0) is 10.2 Å². The maximum absolute atomic E-state index is 13.1. The van der Waals surface area contributed by atoms with E-state index < -0.39 is 10.2 Å². The minimum atomic E-state index is -3.33. The van der Waals surface area contributed by atoms with Crippen LogP contribution < -0.4 is 5.32 Å². The molecule has 21 heavy (non-hydrogen) atoms. The van der Waals surface area contributed by atoms with Gasteiger partial charge in [0.15, 0.2) is 0 Å². The highest BCUT2D eigenvalue weighted by atomic mass is 32.2.